The maximum Gasteiger partial charge on any atom is 0.327 e. The highest BCUT2D eigenvalue weighted by Crippen LogP contribution is 2.08. The highest BCUT2D eigenvalue weighted by atomic mass is 32.1. The highest BCUT2D eigenvalue weighted by molar-refractivity contribution is 7.80. The lowest BCUT2D eigenvalue weighted by molar-refractivity contribution is -0.141. The van der Waals surface area contributed by atoms with Crippen LogP contribution in [-0.4, -0.2) is 70.9 Å². The molecule has 0 radical (unpaired) electrons. The first kappa shape index (κ1) is 23.1. The van der Waals surface area contributed by atoms with Crippen molar-refractivity contribution in [2.24, 2.45) is 11.7 Å². The number of nitrogens with one attached hydrogen (secondary N) is 3. The minimum Gasteiger partial charge on any atom is -0.480 e. The standard InChI is InChI=1S/C14H26N4O6S/c1-3-7(2)11(13(22)17-9(6-25)14(23)24)18-10(20)4-16-12(21)8(15)5-19/h7-9,11,19,25H,3-6,15H2,1-2H3,(H,16,21)(H,17,22)(H,18,20)(H,23,24). The summed E-state index contributed by atoms with van der Waals surface area (Å²) in [5.74, 6) is -3.60. The summed E-state index contributed by atoms with van der Waals surface area (Å²) < 4.78 is 0. The van der Waals surface area contributed by atoms with Crippen molar-refractivity contribution in [2.75, 3.05) is 18.9 Å². The molecule has 144 valence electrons. The van der Waals surface area contributed by atoms with E-state index in [2.05, 4.69) is 28.6 Å². The van der Waals surface area contributed by atoms with Gasteiger partial charge in [-0.25, -0.2) is 4.79 Å². The molecule has 10 nitrogen and oxygen atoms in total. The first-order valence-corrected chi connectivity index (χ1v) is 8.38. The third-order valence-electron chi connectivity index (χ3n) is 3.57. The van der Waals surface area contributed by atoms with Crippen LogP contribution in [0.2, 0.25) is 0 Å². The van der Waals surface area contributed by atoms with Crippen molar-refractivity contribution in [3.63, 3.8) is 0 Å². The fourth-order valence-electron chi connectivity index (χ4n) is 1.75. The Labute approximate surface area is 151 Å². The summed E-state index contributed by atoms with van der Waals surface area (Å²) in [6.45, 7) is 2.54. The minimum absolute atomic E-state index is 0.0998. The number of carboxylic acid groups (broad SMARTS) is 1. The van der Waals surface area contributed by atoms with Crippen LogP contribution in [0.25, 0.3) is 0 Å². The smallest absolute Gasteiger partial charge is 0.327 e. The van der Waals surface area contributed by atoms with E-state index in [1.54, 1.807) is 6.92 Å². The van der Waals surface area contributed by atoms with Gasteiger partial charge in [0.25, 0.3) is 0 Å². The lowest BCUT2D eigenvalue weighted by atomic mass is 9.98. The molecular formula is C14H26N4O6S. The quantitative estimate of drug-likeness (QED) is 0.194. The van der Waals surface area contributed by atoms with Gasteiger partial charge in [-0.3, -0.25) is 14.4 Å². The zero-order valence-electron chi connectivity index (χ0n) is 14.2. The number of hydrogen-bond acceptors (Lipinski definition) is 7. The molecular weight excluding hydrogens is 352 g/mol. The van der Waals surface area contributed by atoms with Crippen LogP contribution >= 0.6 is 12.6 Å². The van der Waals surface area contributed by atoms with Gasteiger partial charge in [0.2, 0.25) is 17.7 Å². The number of aliphatic hydroxyl groups is 1. The molecule has 0 spiro atoms. The Morgan fingerprint density at radius 1 is 1.16 bits per heavy atom. The Balaban J connectivity index is 4.82. The second-order valence-electron chi connectivity index (χ2n) is 5.52. The molecule has 4 unspecified atom stereocenters. The van der Waals surface area contributed by atoms with Crippen molar-refractivity contribution in [2.45, 2.75) is 38.4 Å². The van der Waals surface area contributed by atoms with E-state index in [9.17, 15) is 19.2 Å². The SMILES string of the molecule is CCC(C)C(NC(=O)CNC(=O)C(N)CO)C(=O)NC(CS)C(=O)O. The Morgan fingerprint density at radius 2 is 1.76 bits per heavy atom. The van der Waals surface area contributed by atoms with Gasteiger partial charge in [-0.2, -0.15) is 12.6 Å². The molecule has 0 saturated carbocycles. The summed E-state index contributed by atoms with van der Waals surface area (Å²) in [6, 6.07) is -3.29. The van der Waals surface area contributed by atoms with E-state index >= 15 is 0 Å². The average Bonchev–Trinajstić information content (AvgIpc) is 2.59. The molecule has 7 N–H and O–H groups in total. The van der Waals surface area contributed by atoms with Crippen LogP contribution in [0.5, 0.6) is 0 Å². The first-order valence-electron chi connectivity index (χ1n) is 7.75. The summed E-state index contributed by atoms with van der Waals surface area (Å²) in [6.07, 6.45) is 0.554. The monoisotopic (exact) mass is 378 g/mol. The topological polar surface area (TPSA) is 171 Å². The van der Waals surface area contributed by atoms with Gasteiger partial charge < -0.3 is 31.9 Å². The van der Waals surface area contributed by atoms with E-state index in [1.807, 2.05) is 6.92 Å². The summed E-state index contributed by atoms with van der Waals surface area (Å²) >= 11 is 3.86. The van der Waals surface area contributed by atoms with Gasteiger partial charge in [-0.05, 0) is 5.92 Å². The fourth-order valence-corrected chi connectivity index (χ4v) is 2.00. The molecule has 0 aliphatic heterocycles. The molecule has 0 saturated heterocycles. The first-order chi connectivity index (χ1) is 11.7. The van der Waals surface area contributed by atoms with Gasteiger partial charge in [0.15, 0.2) is 0 Å². The zero-order valence-corrected chi connectivity index (χ0v) is 15.1. The molecule has 0 aliphatic carbocycles. The van der Waals surface area contributed by atoms with Gasteiger partial charge >= 0.3 is 5.97 Å². The number of amides is 3. The molecule has 0 aromatic rings. The third-order valence-corrected chi connectivity index (χ3v) is 3.93. The number of rotatable bonds is 11. The van der Waals surface area contributed by atoms with Gasteiger partial charge in [0.05, 0.1) is 13.2 Å². The van der Waals surface area contributed by atoms with E-state index < -0.39 is 55.0 Å². The molecule has 0 fully saturated rings. The maximum atomic E-state index is 12.3. The molecule has 4 atom stereocenters. The largest absolute Gasteiger partial charge is 0.480 e. The number of aliphatic hydroxyl groups excluding tert-OH is 1. The van der Waals surface area contributed by atoms with E-state index in [0.717, 1.165) is 0 Å². The summed E-state index contributed by atoms with van der Waals surface area (Å²) in [4.78, 5) is 46.6. The van der Waals surface area contributed by atoms with Crippen molar-refractivity contribution in [1.82, 2.24) is 16.0 Å². The van der Waals surface area contributed by atoms with Crippen LogP contribution in [-0.2, 0) is 19.2 Å². The summed E-state index contributed by atoms with van der Waals surface area (Å²) in [5, 5.41) is 24.7. The molecule has 0 rings (SSSR count). The molecule has 0 heterocycles. The number of carboxylic acids is 1. The van der Waals surface area contributed by atoms with Crippen molar-refractivity contribution in [3.8, 4) is 0 Å². The lowest BCUT2D eigenvalue weighted by Crippen LogP contribution is -2.56. The maximum absolute atomic E-state index is 12.3. The Kier molecular flexibility index (Phi) is 10.8. The van der Waals surface area contributed by atoms with Crippen LogP contribution < -0.4 is 21.7 Å². The third kappa shape index (κ3) is 8.18. The highest BCUT2D eigenvalue weighted by Gasteiger charge is 2.29. The lowest BCUT2D eigenvalue weighted by Gasteiger charge is -2.25. The fraction of sp³-hybridized carbons (Fsp3) is 0.714. The van der Waals surface area contributed by atoms with E-state index in [-0.39, 0.29) is 11.7 Å². The molecule has 0 aromatic carbocycles. The normalized spacial score (nSPS) is 15.4. The van der Waals surface area contributed by atoms with Crippen molar-refractivity contribution in [1.29, 1.82) is 0 Å². The number of thiol groups is 1. The van der Waals surface area contributed by atoms with Gasteiger partial charge in [0, 0.05) is 5.75 Å². The van der Waals surface area contributed by atoms with Crippen LogP contribution in [0.4, 0.5) is 0 Å². The predicted octanol–water partition coefficient (Wildman–Crippen LogP) is -2.55. The second kappa shape index (κ2) is 11.7. The van der Waals surface area contributed by atoms with Crippen LogP contribution in [0.1, 0.15) is 20.3 Å². The molecule has 0 bridgehead atoms. The van der Waals surface area contributed by atoms with Gasteiger partial charge in [0.1, 0.15) is 18.1 Å². The van der Waals surface area contributed by atoms with E-state index in [4.69, 9.17) is 15.9 Å². The van der Waals surface area contributed by atoms with Crippen molar-refractivity contribution in [3.05, 3.63) is 0 Å². The number of carbonyl (C=O) groups is 4. The van der Waals surface area contributed by atoms with E-state index in [1.165, 1.54) is 0 Å². The Bertz CT molecular complexity index is 490. The van der Waals surface area contributed by atoms with Gasteiger partial charge in [-0.15, -0.1) is 0 Å². The van der Waals surface area contributed by atoms with Crippen LogP contribution in [0.3, 0.4) is 0 Å². The minimum atomic E-state index is -1.23. The molecule has 11 heteroatoms. The van der Waals surface area contributed by atoms with Crippen LogP contribution in [0, 0.1) is 5.92 Å². The van der Waals surface area contributed by atoms with Crippen molar-refractivity contribution < 1.29 is 29.4 Å². The molecule has 3 amide bonds. The van der Waals surface area contributed by atoms with Crippen LogP contribution in [0.15, 0.2) is 0 Å². The predicted molar refractivity (Wildman–Crippen MR) is 92.9 cm³/mol. The molecule has 25 heavy (non-hydrogen) atoms. The molecule has 0 aliphatic rings. The summed E-state index contributed by atoms with van der Waals surface area (Å²) in [5.41, 5.74) is 5.30. The Morgan fingerprint density at radius 3 is 2.20 bits per heavy atom. The molecule has 0 aromatic heterocycles. The number of hydrogen-bond donors (Lipinski definition) is 7. The number of carbonyl (C=O) groups excluding carboxylic acids is 3. The summed E-state index contributed by atoms with van der Waals surface area (Å²) in [7, 11) is 0. The Hall–Kier alpha value is -1.85. The van der Waals surface area contributed by atoms with E-state index in [0.29, 0.717) is 6.42 Å². The van der Waals surface area contributed by atoms with Gasteiger partial charge in [-0.1, -0.05) is 20.3 Å². The van der Waals surface area contributed by atoms with Crippen molar-refractivity contribution >= 4 is 36.3 Å². The zero-order chi connectivity index (χ0) is 19.6. The average molecular weight is 378 g/mol. The number of aliphatic carboxylic acids is 1. The number of nitrogens with two attached hydrogens (primary N) is 1. The second-order valence-corrected chi connectivity index (χ2v) is 5.88.